The highest BCUT2D eigenvalue weighted by molar-refractivity contribution is 6.33. The van der Waals surface area contributed by atoms with Crippen LogP contribution in [0.2, 0.25) is 5.02 Å². The van der Waals surface area contributed by atoms with Crippen molar-refractivity contribution in [3.63, 3.8) is 0 Å². The molecule has 2 atom stereocenters. The first-order valence-corrected chi connectivity index (χ1v) is 7.17. The fourth-order valence-corrected chi connectivity index (χ4v) is 2.93. The van der Waals surface area contributed by atoms with Gasteiger partial charge < -0.3 is 10.2 Å². The lowest BCUT2D eigenvalue weighted by molar-refractivity contribution is 0.324. The maximum Gasteiger partial charge on any atom is 0.0642 e. The van der Waals surface area contributed by atoms with Gasteiger partial charge in [0.25, 0.3) is 0 Å². The van der Waals surface area contributed by atoms with Crippen molar-refractivity contribution in [2.24, 2.45) is 11.8 Å². The van der Waals surface area contributed by atoms with Gasteiger partial charge in [-0.05, 0) is 43.0 Å². The largest absolute Gasteiger partial charge is 0.370 e. The summed E-state index contributed by atoms with van der Waals surface area (Å²) in [6, 6.07) is 6.41. The Hall–Kier alpha value is -0.730. The van der Waals surface area contributed by atoms with Gasteiger partial charge in [-0.2, -0.15) is 0 Å². The van der Waals surface area contributed by atoms with Crippen LogP contribution < -0.4 is 10.2 Å². The first-order chi connectivity index (χ1) is 8.61. The molecule has 1 N–H and O–H groups in total. The predicted octanol–water partition coefficient (Wildman–Crippen LogP) is 3.54. The number of anilines is 1. The average Bonchev–Trinajstić information content (AvgIpc) is 2.34. The molecule has 2 rings (SSSR count). The van der Waals surface area contributed by atoms with Crippen molar-refractivity contribution in [1.29, 1.82) is 0 Å². The minimum atomic E-state index is 0.742. The van der Waals surface area contributed by atoms with Crippen molar-refractivity contribution < 1.29 is 0 Å². The van der Waals surface area contributed by atoms with Gasteiger partial charge in [0.15, 0.2) is 0 Å². The third-order valence-corrected chi connectivity index (χ3v) is 4.37. The summed E-state index contributed by atoms with van der Waals surface area (Å²) in [4.78, 5) is 2.43. The Morgan fingerprint density at radius 3 is 2.72 bits per heavy atom. The van der Waals surface area contributed by atoms with Crippen LogP contribution in [0, 0.1) is 11.8 Å². The SMILES string of the molecule is CNCc1ccc(N2CCC(C)C(C)C2)c(Cl)c1. The van der Waals surface area contributed by atoms with E-state index < -0.39 is 0 Å². The van der Waals surface area contributed by atoms with Gasteiger partial charge in [0, 0.05) is 19.6 Å². The summed E-state index contributed by atoms with van der Waals surface area (Å²) in [6.45, 7) is 7.79. The van der Waals surface area contributed by atoms with Crippen molar-refractivity contribution in [2.45, 2.75) is 26.8 Å². The van der Waals surface area contributed by atoms with Crippen LogP contribution in [0.5, 0.6) is 0 Å². The summed E-state index contributed by atoms with van der Waals surface area (Å²) in [5.41, 5.74) is 2.43. The van der Waals surface area contributed by atoms with Crippen LogP contribution in [0.1, 0.15) is 25.8 Å². The Kier molecular flexibility index (Phi) is 4.52. The zero-order valence-corrected chi connectivity index (χ0v) is 12.3. The predicted molar refractivity (Wildman–Crippen MR) is 79.4 cm³/mol. The van der Waals surface area contributed by atoms with E-state index in [2.05, 4.69) is 42.3 Å². The number of rotatable bonds is 3. The van der Waals surface area contributed by atoms with E-state index in [0.29, 0.717) is 0 Å². The lowest BCUT2D eigenvalue weighted by atomic mass is 9.88. The zero-order chi connectivity index (χ0) is 13.1. The number of halogens is 1. The number of piperidine rings is 1. The van der Waals surface area contributed by atoms with Crippen LogP contribution in [0.3, 0.4) is 0 Å². The average molecular weight is 267 g/mol. The van der Waals surface area contributed by atoms with Crippen LogP contribution in [0.25, 0.3) is 0 Å². The second kappa shape index (κ2) is 5.94. The molecule has 1 fully saturated rings. The van der Waals surface area contributed by atoms with Crippen molar-refractivity contribution >= 4 is 17.3 Å². The third kappa shape index (κ3) is 2.99. The molecule has 0 saturated carbocycles. The highest BCUT2D eigenvalue weighted by Gasteiger charge is 2.23. The number of nitrogens with one attached hydrogen (secondary N) is 1. The van der Waals surface area contributed by atoms with E-state index >= 15 is 0 Å². The van der Waals surface area contributed by atoms with Crippen molar-refractivity contribution in [3.05, 3.63) is 28.8 Å². The first-order valence-electron chi connectivity index (χ1n) is 6.79. The summed E-state index contributed by atoms with van der Waals surface area (Å²) in [5.74, 6) is 1.57. The Bertz CT molecular complexity index is 405. The maximum atomic E-state index is 6.41. The third-order valence-electron chi connectivity index (χ3n) is 4.07. The summed E-state index contributed by atoms with van der Waals surface area (Å²) >= 11 is 6.41. The molecule has 3 heteroatoms. The normalized spacial score (nSPS) is 24.3. The number of hydrogen-bond donors (Lipinski definition) is 1. The second-order valence-electron chi connectivity index (χ2n) is 5.51. The van der Waals surface area contributed by atoms with Crippen molar-refractivity contribution in [1.82, 2.24) is 5.32 Å². The summed E-state index contributed by atoms with van der Waals surface area (Å²) < 4.78 is 0. The molecule has 18 heavy (non-hydrogen) atoms. The highest BCUT2D eigenvalue weighted by atomic mass is 35.5. The van der Waals surface area contributed by atoms with Gasteiger partial charge in [-0.1, -0.05) is 31.5 Å². The molecule has 2 nitrogen and oxygen atoms in total. The second-order valence-corrected chi connectivity index (χ2v) is 5.91. The molecule has 0 amide bonds. The van der Waals surface area contributed by atoms with E-state index in [4.69, 9.17) is 11.6 Å². The fraction of sp³-hybridized carbons (Fsp3) is 0.600. The number of hydrogen-bond acceptors (Lipinski definition) is 2. The molecule has 1 aromatic rings. The van der Waals surface area contributed by atoms with Gasteiger partial charge in [-0.15, -0.1) is 0 Å². The Morgan fingerprint density at radius 2 is 2.11 bits per heavy atom. The number of benzene rings is 1. The van der Waals surface area contributed by atoms with E-state index in [0.717, 1.165) is 36.5 Å². The van der Waals surface area contributed by atoms with Gasteiger partial charge in [0.05, 0.1) is 10.7 Å². The van der Waals surface area contributed by atoms with Crippen LogP contribution in [0.15, 0.2) is 18.2 Å². The molecule has 0 radical (unpaired) electrons. The quantitative estimate of drug-likeness (QED) is 0.900. The lowest BCUT2D eigenvalue weighted by Gasteiger charge is -2.37. The van der Waals surface area contributed by atoms with Crippen LogP contribution in [-0.2, 0) is 6.54 Å². The molecule has 2 unspecified atom stereocenters. The standard InChI is InChI=1S/C15H23ClN2/c1-11-6-7-18(10-12(11)2)15-5-4-13(9-17-3)8-14(15)16/h4-5,8,11-12,17H,6-7,9-10H2,1-3H3. The summed E-state index contributed by atoms with van der Waals surface area (Å²) in [6.07, 6.45) is 1.26. The van der Waals surface area contributed by atoms with E-state index in [1.165, 1.54) is 17.7 Å². The number of nitrogens with zero attached hydrogens (tertiary/aromatic N) is 1. The lowest BCUT2D eigenvalue weighted by Crippen LogP contribution is -2.38. The molecular formula is C15H23ClN2. The Balaban J connectivity index is 2.13. The van der Waals surface area contributed by atoms with Gasteiger partial charge in [-0.3, -0.25) is 0 Å². The summed E-state index contributed by atoms with van der Waals surface area (Å²) in [5, 5.41) is 4.03. The topological polar surface area (TPSA) is 15.3 Å². The Labute approximate surface area is 115 Å². The Morgan fingerprint density at radius 1 is 1.33 bits per heavy atom. The van der Waals surface area contributed by atoms with E-state index in [1.807, 2.05) is 7.05 Å². The van der Waals surface area contributed by atoms with Gasteiger partial charge in [0.2, 0.25) is 0 Å². The highest BCUT2D eigenvalue weighted by Crippen LogP contribution is 2.32. The molecule has 0 aromatic heterocycles. The molecule has 1 aromatic carbocycles. The van der Waals surface area contributed by atoms with E-state index in [-0.39, 0.29) is 0 Å². The summed E-state index contributed by atoms with van der Waals surface area (Å²) in [7, 11) is 1.95. The molecule has 1 heterocycles. The van der Waals surface area contributed by atoms with Crippen LogP contribution in [0.4, 0.5) is 5.69 Å². The van der Waals surface area contributed by atoms with Crippen molar-refractivity contribution in [2.75, 3.05) is 25.0 Å². The molecule has 1 aliphatic rings. The van der Waals surface area contributed by atoms with Gasteiger partial charge in [0.1, 0.15) is 0 Å². The van der Waals surface area contributed by atoms with E-state index in [9.17, 15) is 0 Å². The molecule has 0 bridgehead atoms. The van der Waals surface area contributed by atoms with Gasteiger partial charge >= 0.3 is 0 Å². The molecule has 0 aliphatic carbocycles. The smallest absolute Gasteiger partial charge is 0.0642 e. The minimum Gasteiger partial charge on any atom is -0.370 e. The first kappa shape index (κ1) is 13.7. The fourth-order valence-electron chi connectivity index (χ4n) is 2.60. The van der Waals surface area contributed by atoms with Crippen LogP contribution >= 0.6 is 11.6 Å². The monoisotopic (exact) mass is 266 g/mol. The van der Waals surface area contributed by atoms with Gasteiger partial charge in [-0.25, -0.2) is 0 Å². The molecule has 1 saturated heterocycles. The van der Waals surface area contributed by atoms with E-state index in [1.54, 1.807) is 0 Å². The molecule has 0 spiro atoms. The molecule has 100 valence electrons. The van der Waals surface area contributed by atoms with Crippen LogP contribution in [-0.4, -0.2) is 20.1 Å². The molecule has 1 aliphatic heterocycles. The zero-order valence-electron chi connectivity index (χ0n) is 11.5. The maximum absolute atomic E-state index is 6.41. The molecular weight excluding hydrogens is 244 g/mol. The minimum absolute atomic E-state index is 0.742. The van der Waals surface area contributed by atoms with Crippen molar-refractivity contribution in [3.8, 4) is 0 Å².